The quantitative estimate of drug-likeness (QED) is 0.0346. The van der Waals surface area contributed by atoms with Gasteiger partial charge < -0.3 is 59.5 Å². The van der Waals surface area contributed by atoms with Gasteiger partial charge in [-0.2, -0.15) is 0 Å². The van der Waals surface area contributed by atoms with Gasteiger partial charge in [0.2, 0.25) is 23.6 Å². The van der Waals surface area contributed by atoms with Gasteiger partial charge in [0.05, 0.1) is 12.5 Å². The summed E-state index contributed by atoms with van der Waals surface area (Å²) in [6.07, 6.45) is 0.608. The number of nitrogens with two attached hydrogens (primary N) is 4. The minimum atomic E-state index is -1.67. The molecule has 5 atom stereocenters. The Bertz CT molecular complexity index is 1270. The Morgan fingerprint density at radius 2 is 1.35 bits per heavy atom. The van der Waals surface area contributed by atoms with E-state index in [2.05, 4.69) is 26.3 Å². The summed E-state index contributed by atoms with van der Waals surface area (Å²) in [6.45, 7) is 3.71. The number of carboxylic acid groups (broad SMARTS) is 2. The number of phenolic OH excluding ortho intramolecular Hbond substituents is 1. The normalized spacial score (nSPS) is 14.0. The molecule has 268 valence electrons. The number of carboxylic acids is 2. The molecule has 1 rings (SSSR count). The molecule has 0 heterocycles. The molecule has 0 fully saturated rings. The molecule has 0 aliphatic heterocycles. The zero-order valence-corrected chi connectivity index (χ0v) is 27.2. The highest BCUT2D eigenvalue weighted by atomic mass is 16.4. The van der Waals surface area contributed by atoms with Crippen LogP contribution in [0.25, 0.3) is 0 Å². The van der Waals surface area contributed by atoms with Crippen LogP contribution in [-0.4, -0.2) is 100 Å². The van der Waals surface area contributed by atoms with Gasteiger partial charge in [-0.25, -0.2) is 4.79 Å². The van der Waals surface area contributed by atoms with Crippen molar-refractivity contribution < 1.29 is 44.1 Å². The molecule has 48 heavy (non-hydrogen) atoms. The van der Waals surface area contributed by atoms with Crippen molar-refractivity contribution in [3.63, 3.8) is 0 Å². The van der Waals surface area contributed by atoms with E-state index >= 15 is 0 Å². The summed E-state index contributed by atoms with van der Waals surface area (Å²) < 4.78 is 0. The Hall–Kier alpha value is -4.97. The maximum Gasteiger partial charge on any atom is 0.326 e. The number of nitrogens with one attached hydrogen (secondary N) is 4. The van der Waals surface area contributed by atoms with E-state index in [0.717, 1.165) is 0 Å². The lowest BCUT2D eigenvalue weighted by Gasteiger charge is -2.27. The van der Waals surface area contributed by atoms with Crippen molar-refractivity contribution in [3.8, 4) is 5.75 Å². The number of phenols is 1. The molecule has 0 aliphatic rings. The second-order valence-electron chi connectivity index (χ2n) is 11.6. The summed E-state index contributed by atoms with van der Waals surface area (Å²) in [5.74, 6) is -6.91. The number of carbonyl (C=O) groups is 6. The lowest BCUT2D eigenvalue weighted by Crippen LogP contribution is -2.59. The van der Waals surface area contributed by atoms with Gasteiger partial charge >= 0.3 is 11.9 Å². The predicted molar refractivity (Wildman–Crippen MR) is 175 cm³/mol. The van der Waals surface area contributed by atoms with Crippen LogP contribution in [0.15, 0.2) is 29.3 Å². The van der Waals surface area contributed by atoms with E-state index in [0.29, 0.717) is 31.4 Å². The van der Waals surface area contributed by atoms with Gasteiger partial charge in [0.15, 0.2) is 5.96 Å². The number of hydrogen-bond acceptors (Lipinski definition) is 10. The molecule has 0 spiro atoms. The third-order valence-corrected chi connectivity index (χ3v) is 7.13. The molecule has 1 aromatic carbocycles. The second kappa shape index (κ2) is 21.0. The van der Waals surface area contributed by atoms with Gasteiger partial charge in [0.25, 0.3) is 0 Å². The molecule has 1 aromatic rings. The van der Waals surface area contributed by atoms with E-state index < -0.39 is 78.1 Å². The second-order valence-corrected chi connectivity index (χ2v) is 11.6. The minimum absolute atomic E-state index is 0.0240. The zero-order valence-electron chi connectivity index (χ0n) is 27.2. The number of guanidine groups is 1. The van der Waals surface area contributed by atoms with Gasteiger partial charge in [-0.05, 0) is 62.3 Å². The van der Waals surface area contributed by atoms with Gasteiger partial charge in [-0.15, -0.1) is 0 Å². The smallest absolute Gasteiger partial charge is 0.326 e. The number of aliphatic imine (C=N–C) groups is 1. The highest BCUT2D eigenvalue weighted by Crippen LogP contribution is 2.13. The van der Waals surface area contributed by atoms with Crippen molar-refractivity contribution in [3.05, 3.63) is 29.8 Å². The number of unbranched alkanes of at least 4 members (excludes halogenated alkanes) is 1. The van der Waals surface area contributed by atoms with Crippen molar-refractivity contribution >= 4 is 41.5 Å². The molecule has 18 nitrogen and oxygen atoms in total. The highest BCUT2D eigenvalue weighted by molar-refractivity contribution is 5.96. The van der Waals surface area contributed by atoms with Gasteiger partial charge in [-0.1, -0.05) is 26.0 Å². The molecule has 0 aromatic heterocycles. The van der Waals surface area contributed by atoms with Crippen LogP contribution < -0.4 is 44.2 Å². The van der Waals surface area contributed by atoms with Crippen molar-refractivity contribution in [2.45, 2.75) is 89.0 Å². The van der Waals surface area contributed by atoms with Crippen molar-refractivity contribution in [1.29, 1.82) is 0 Å². The van der Waals surface area contributed by atoms with E-state index in [1.54, 1.807) is 13.8 Å². The van der Waals surface area contributed by atoms with Crippen LogP contribution >= 0.6 is 0 Å². The van der Waals surface area contributed by atoms with Crippen LogP contribution in [0.5, 0.6) is 5.75 Å². The fourth-order valence-electron chi connectivity index (χ4n) is 4.47. The molecule has 0 radical (unpaired) electrons. The third-order valence-electron chi connectivity index (χ3n) is 7.13. The summed E-state index contributed by atoms with van der Waals surface area (Å²) in [4.78, 5) is 80.0. The number of aromatic hydroxyl groups is 1. The number of nitrogens with zero attached hydrogens (tertiary/aromatic N) is 1. The van der Waals surface area contributed by atoms with Gasteiger partial charge in [-0.3, -0.25) is 29.0 Å². The van der Waals surface area contributed by atoms with E-state index in [-0.39, 0.29) is 37.5 Å². The maximum atomic E-state index is 13.3. The molecule has 0 saturated carbocycles. The summed E-state index contributed by atoms with van der Waals surface area (Å²) in [5, 5.41) is 38.4. The molecule has 0 aliphatic carbocycles. The average molecular weight is 680 g/mol. The SMILES string of the molecule is CC(C)[C@@H](NC(=O)[C@@H](CC(=O)O)NC(=O)[C@@H](CCCCN)NC(=O)[C@H](N)CCCN=C(N)N)C(=O)N[C@H](Cc1ccc(O)cc1)C(=O)O. The molecule has 4 amide bonds. The van der Waals surface area contributed by atoms with Crippen LogP contribution in [0.3, 0.4) is 0 Å². The number of hydrogen-bond donors (Lipinski definition) is 11. The van der Waals surface area contributed by atoms with E-state index in [9.17, 15) is 44.1 Å². The fraction of sp³-hybridized carbons (Fsp3) is 0.567. The molecule has 15 N–H and O–H groups in total. The molecule has 18 heteroatoms. The number of aliphatic carboxylic acids is 2. The largest absolute Gasteiger partial charge is 0.508 e. The first-order valence-corrected chi connectivity index (χ1v) is 15.5. The van der Waals surface area contributed by atoms with Crippen molar-refractivity contribution in [2.24, 2.45) is 33.8 Å². The lowest BCUT2D eigenvalue weighted by atomic mass is 10.0. The molecular weight excluding hydrogens is 630 g/mol. The standard InChI is InChI=1S/C30H49N9O9/c1-16(2)24(28(46)38-22(29(47)48)14-17-8-10-18(40)11-9-17)39-27(45)21(15-23(41)42)37-26(44)20(7-3-4-12-31)36-25(43)19(32)6-5-13-35-30(33)34/h8-11,16,19-22,24,40H,3-7,12-15,31-32H2,1-2H3,(H,36,43)(H,37,44)(H,38,46)(H,39,45)(H,41,42)(H,47,48)(H4,33,34,35)/t19-,20-,21-,22-,24-/m1/s1. The van der Waals surface area contributed by atoms with Gasteiger partial charge in [0.1, 0.15) is 29.9 Å². The minimum Gasteiger partial charge on any atom is -0.508 e. The van der Waals surface area contributed by atoms with Gasteiger partial charge in [0, 0.05) is 13.0 Å². The van der Waals surface area contributed by atoms with Crippen LogP contribution in [0.2, 0.25) is 0 Å². The Kier molecular flexibility index (Phi) is 18.0. The Balaban J connectivity index is 3.07. The number of amides is 4. The maximum absolute atomic E-state index is 13.3. The van der Waals surface area contributed by atoms with Crippen molar-refractivity contribution in [1.82, 2.24) is 21.3 Å². The summed E-state index contributed by atoms with van der Waals surface area (Å²) >= 11 is 0. The lowest BCUT2D eigenvalue weighted by molar-refractivity contribution is -0.143. The Labute approximate surface area is 278 Å². The van der Waals surface area contributed by atoms with Crippen LogP contribution in [0.4, 0.5) is 0 Å². The zero-order chi connectivity index (χ0) is 36.4. The van der Waals surface area contributed by atoms with Crippen molar-refractivity contribution in [2.75, 3.05) is 13.1 Å². The monoisotopic (exact) mass is 679 g/mol. The number of benzene rings is 1. The summed E-state index contributed by atoms with van der Waals surface area (Å²) in [6, 6.07) is -0.880. The molecular formula is C30H49N9O9. The average Bonchev–Trinajstić information content (AvgIpc) is 3.00. The van der Waals surface area contributed by atoms with E-state index in [4.69, 9.17) is 22.9 Å². The fourth-order valence-corrected chi connectivity index (χ4v) is 4.47. The third kappa shape index (κ3) is 15.5. The van der Waals surface area contributed by atoms with E-state index in [1.807, 2.05) is 0 Å². The topological polar surface area (TPSA) is 328 Å². The number of carbonyl (C=O) groups excluding carboxylic acids is 4. The molecule has 0 bridgehead atoms. The van der Waals surface area contributed by atoms with Crippen LogP contribution in [0.1, 0.15) is 57.9 Å². The Morgan fingerprint density at radius 3 is 1.90 bits per heavy atom. The molecule has 0 saturated heterocycles. The number of rotatable bonds is 22. The predicted octanol–water partition coefficient (Wildman–Crippen LogP) is -2.40. The molecule has 0 unspecified atom stereocenters. The highest BCUT2D eigenvalue weighted by Gasteiger charge is 2.34. The Morgan fingerprint density at radius 1 is 0.771 bits per heavy atom. The first kappa shape index (κ1) is 41.1. The first-order valence-electron chi connectivity index (χ1n) is 15.5. The van der Waals surface area contributed by atoms with E-state index in [1.165, 1.54) is 24.3 Å². The first-order chi connectivity index (χ1) is 22.5. The summed E-state index contributed by atoms with van der Waals surface area (Å²) in [7, 11) is 0. The van der Waals surface area contributed by atoms with Crippen LogP contribution in [-0.2, 0) is 35.2 Å². The van der Waals surface area contributed by atoms with Crippen LogP contribution in [0, 0.1) is 5.92 Å². The summed E-state index contributed by atoms with van der Waals surface area (Å²) in [5.41, 5.74) is 22.6.